The number of benzene rings is 1. The maximum Gasteiger partial charge on any atom is 0.220 e. The highest BCUT2D eigenvalue weighted by atomic mass is 16.1. The van der Waals surface area contributed by atoms with Crippen LogP contribution < -0.4 is 11.1 Å². The number of nitrogens with one attached hydrogen (secondary N) is 1. The summed E-state index contributed by atoms with van der Waals surface area (Å²) in [5.74, 6) is 0.0808. The van der Waals surface area contributed by atoms with Crippen molar-refractivity contribution < 1.29 is 4.79 Å². The largest absolute Gasteiger partial charge is 0.352 e. The predicted molar refractivity (Wildman–Crippen MR) is 85.7 cm³/mol. The number of nitrogens with two attached hydrogens (primary N) is 1. The van der Waals surface area contributed by atoms with Gasteiger partial charge in [0.25, 0.3) is 0 Å². The van der Waals surface area contributed by atoms with Gasteiger partial charge in [0.05, 0.1) is 0 Å². The van der Waals surface area contributed by atoms with Crippen molar-refractivity contribution in [2.24, 2.45) is 5.73 Å². The molecule has 3 N–H and O–H groups in total. The minimum Gasteiger partial charge on any atom is -0.352 e. The number of rotatable bonds is 7. The molecule has 1 aromatic carbocycles. The van der Waals surface area contributed by atoms with Crippen LogP contribution in [0.15, 0.2) is 24.3 Å². The lowest BCUT2D eigenvalue weighted by Crippen LogP contribution is -2.25. The van der Waals surface area contributed by atoms with E-state index in [2.05, 4.69) is 34.5 Å². The molecule has 0 aliphatic carbocycles. The molecule has 0 aromatic heterocycles. The molecule has 0 spiro atoms. The van der Waals surface area contributed by atoms with Crippen molar-refractivity contribution in [1.82, 2.24) is 10.2 Å². The second-order valence-electron chi connectivity index (χ2n) is 6.10. The number of carbonyl (C=O) groups excluding carboxylic acids is 1. The fourth-order valence-corrected chi connectivity index (χ4v) is 2.68. The lowest BCUT2D eigenvalue weighted by atomic mass is 10.1. The third-order valence-electron chi connectivity index (χ3n) is 3.91. The van der Waals surface area contributed by atoms with Crippen LogP contribution in [0, 0.1) is 0 Å². The van der Waals surface area contributed by atoms with Crippen molar-refractivity contribution in [3.05, 3.63) is 35.4 Å². The first-order chi connectivity index (χ1) is 10.1. The molecule has 116 valence electrons. The topological polar surface area (TPSA) is 58.4 Å². The normalized spacial score (nSPS) is 16.9. The van der Waals surface area contributed by atoms with Gasteiger partial charge in [-0.25, -0.2) is 0 Å². The summed E-state index contributed by atoms with van der Waals surface area (Å²) >= 11 is 0. The van der Waals surface area contributed by atoms with E-state index in [1.54, 1.807) is 0 Å². The maximum atomic E-state index is 11.7. The Morgan fingerprint density at radius 3 is 2.76 bits per heavy atom. The van der Waals surface area contributed by atoms with Gasteiger partial charge in [-0.05, 0) is 50.4 Å². The second-order valence-corrected chi connectivity index (χ2v) is 6.10. The van der Waals surface area contributed by atoms with Crippen LogP contribution >= 0.6 is 0 Å². The molecule has 1 atom stereocenters. The molecule has 0 radical (unpaired) electrons. The standard InChI is InChI=1S/C17H27N3O/c1-14(18)7-8-17(21)19-12-15-5-4-6-16(11-15)13-20-9-2-3-10-20/h4-6,11,14H,2-3,7-10,12-13,18H2,1H3,(H,19,21). The van der Waals surface area contributed by atoms with E-state index in [4.69, 9.17) is 5.73 Å². The third-order valence-corrected chi connectivity index (χ3v) is 3.91. The smallest absolute Gasteiger partial charge is 0.220 e. The first kappa shape index (κ1) is 16.0. The summed E-state index contributed by atoms with van der Waals surface area (Å²) < 4.78 is 0. The number of carbonyl (C=O) groups is 1. The molecular weight excluding hydrogens is 262 g/mol. The summed E-state index contributed by atoms with van der Waals surface area (Å²) in [5.41, 5.74) is 8.16. The SMILES string of the molecule is CC(N)CCC(=O)NCc1cccc(CN2CCCC2)c1. The van der Waals surface area contributed by atoms with Gasteiger partial charge in [0, 0.05) is 25.6 Å². The number of nitrogens with zero attached hydrogens (tertiary/aromatic N) is 1. The van der Waals surface area contributed by atoms with Crippen molar-refractivity contribution in [3.63, 3.8) is 0 Å². The zero-order valence-electron chi connectivity index (χ0n) is 13.0. The molecule has 4 heteroatoms. The van der Waals surface area contributed by atoms with E-state index >= 15 is 0 Å². The summed E-state index contributed by atoms with van der Waals surface area (Å²) in [6.07, 6.45) is 3.87. The Kier molecular flexibility index (Phi) is 6.21. The van der Waals surface area contributed by atoms with Gasteiger partial charge < -0.3 is 11.1 Å². The molecule has 1 amide bonds. The lowest BCUT2D eigenvalue weighted by Gasteiger charge is -2.15. The lowest BCUT2D eigenvalue weighted by molar-refractivity contribution is -0.121. The average Bonchev–Trinajstić information content (AvgIpc) is 2.96. The van der Waals surface area contributed by atoms with Crippen molar-refractivity contribution in [1.29, 1.82) is 0 Å². The van der Waals surface area contributed by atoms with Crippen molar-refractivity contribution in [3.8, 4) is 0 Å². The highest BCUT2D eigenvalue weighted by molar-refractivity contribution is 5.75. The molecule has 0 bridgehead atoms. The monoisotopic (exact) mass is 289 g/mol. The van der Waals surface area contributed by atoms with E-state index in [1.807, 2.05) is 6.92 Å². The molecule has 1 heterocycles. The van der Waals surface area contributed by atoms with Crippen LogP contribution in [0.4, 0.5) is 0 Å². The van der Waals surface area contributed by atoms with Gasteiger partial charge in [-0.2, -0.15) is 0 Å². The molecule has 2 rings (SSSR count). The van der Waals surface area contributed by atoms with Crippen LogP contribution in [0.25, 0.3) is 0 Å². The fraction of sp³-hybridized carbons (Fsp3) is 0.588. The second kappa shape index (κ2) is 8.15. The zero-order chi connectivity index (χ0) is 15.1. The summed E-state index contributed by atoms with van der Waals surface area (Å²) in [5, 5.41) is 2.97. The molecule has 4 nitrogen and oxygen atoms in total. The number of hydrogen-bond donors (Lipinski definition) is 2. The van der Waals surface area contributed by atoms with Crippen LogP contribution in [0.5, 0.6) is 0 Å². The van der Waals surface area contributed by atoms with E-state index < -0.39 is 0 Å². The van der Waals surface area contributed by atoms with Gasteiger partial charge in [-0.15, -0.1) is 0 Å². The number of likely N-dealkylation sites (tertiary alicyclic amines) is 1. The number of hydrogen-bond acceptors (Lipinski definition) is 3. The molecule has 1 aromatic rings. The van der Waals surface area contributed by atoms with Crippen molar-refractivity contribution >= 4 is 5.91 Å². The third kappa shape index (κ3) is 5.86. The zero-order valence-corrected chi connectivity index (χ0v) is 13.0. The molecule has 1 aliphatic heterocycles. The molecule has 1 saturated heterocycles. The molecule has 1 unspecified atom stereocenters. The van der Waals surface area contributed by atoms with E-state index in [9.17, 15) is 4.79 Å². The molecule has 1 aliphatic rings. The molecule has 21 heavy (non-hydrogen) atoms. The predicted octanol–water partition coefficient (Wildman–Crippen LogP) is 2.03. The summed E-state index contributed by atoms with van der Waals surface area (Å²) in [4.78, 5) is 14.2. The van der Waals surface area contributed by atoms with Crippen LogP contribution in [0.2, 0.25) is 0 Å². The summed E-state index contributed by atoms with van der Waals surface area (Å²) in [6, 6.07) is 8.59. The quantitative estimate of drug-likeness (QED) is 0.807. The molecular formula is C17H27N3O. The van der Waals surface area contributed by atoms with E-state index in [1.165, 1.54) is 37.1 Å². The molecule has 0 saturated carbocycles. The highest BCUT2D eigenvalue weighted by Crippen LogP contribution is 2.13. The van der Waals surface area contributed by atoms with Crippen LogP contribution in [0.1, 0.15) is 43.7 Å². The van der Waals surface area contributed by atoms with E-state index in [0.29, 0.717) is 13.0 Å². The van der Waals surface area contributed by atoms with E-state index in [-0.39, 0.29) is 11.9 Å². The van der Waals surface area contributed by atoms with Gasteiger partial charge >= 0.3 is 0 Å². The van der Waals surface area contributed by atoms with Gasteiger partial charge in [-0.1, -0.05) is 24.3 Å². The first-order valence-corrected chi connectivity index (χ1v) is 7.96. The Morgan fingerprint density at radius 1 is 1.33 bits per heavy atom. The van der Waals surface area contributed by atoms with Crippen LogP contribution in [0.3, 0.4) is 0 Å². The van der Waals surface area contributed by atoms with Gasteiger partial charge in [0.15, 0.2) is 0 Å². The average molecular weight is 289 g/mol. The Hall–Kier alpha value is -1.39. The Bertz CT molecular complexity index is 453. The minimum atomic E-state index is 0.0808. The maximum absolute atomic E-state index is 11.7. The Labute approximate surface area is 127 Å². The van der Waals surface area contributed by atoms with Gasteiger partial charge in [0.1, 0.15) is 0 Å². The molecule has 1 fully saturated rings. The summed E-state index contributed by atoms with van der Waals surface area (Å²) in [7, 11) is 0. The van der Waals surface area contributed by atoms with Crippen LogP contribution in [-0.4, -0.2) is 29.9 Å². The van der Waals surface area contributed by atoms with Gasteiger partial charge in [0.2, 0.25) is 5.91 Å². The van der Waals surface area contributed by atoms with Crippen molar-refractivity contribution in [2.45, 2.75) is 51.7 Å². The number of amides is 1. The minimum absolute atomic E-state index is 0.0808. The summed E-state index contributed by atoms with van der Waals surface area (Å²) in [6.45, 7) is 5.96. The Morgan fingerprint density at radius 2 is 2.05 bits per heavy atom. The van der Waals surface area contributed by atoms with Crippen LogP contribution in [-0.2, 0) is 17.9 Å². The Balaban J connectivity index is 1.79. The van der Waals surface area contributed by atoms with Gasteiger partial charge in [-0.3, -0.25) is 9.69 Å². The van der Waals surface area contributed by atoms with E-state index in [0.717, 1.165) is 13.0 Å². The highest BCUT2D eigenvalue weighted by Gasteiger charge is 2.11. The van der Waals surface area contributed by atoms with Crippen molar-refractivity contribution in [2.75, 3.05) is 13.1 Å². The first-order valence-electron chi connectivity index (χ1n) is 7.96. The fourth-order valence-electron chi connectivity index (χ4n) is 2.68.